The maximum absolute atomic E-state index is 12.5. The third-order valence-electron chi connectivity index (χ3n) is 4.94. The molecule has 1 atom stereocenters. The Balaban J connectivity index is 1.76. The van der Waals surface area contributed by atoms with Gasteiger partial charge in [0.05, 0.1) is 0 Å². The van der Waals surface area contributed by atoms with Gasteiger partial charge in [-0.1, -0.05) is 57.9 Å². The van der Waals surface area contributed by atoms with Gasteiger partial charge in [0, 0.05) is 40.2 Å². The molecule has 4 nitrogen and oxygen atoms in total. The largest absolute Gasteiger partial charge is 0.381 e. The highest BCUT2D eigenvalue weighted by Gasteiger charge is 2.35. The van der Waals surface area contributed by atoms with Crippen LogP contribution >= 0.6 is 27.5 Å². The standard InChI is InChI=1S/C20H21BrClNO3/c21-15-5-3-4-14(12-15)20(8-10-26-11-9-20)13-23-19(25)18(24)16-6-1-2-7-17(16)22/h1-7,12,18,24H,8-11,13H2,(H,23,25)/t18-/m1/s1. The van der Waals surface area contributed by atoms with E-state index in [9.17, 15) is 9.90 Å². The molecule has 0 spiro atoms. The summed E-state index contributed by atoms with van der Waals surface area (Å²) < 4.78 is 6.53. The van der Waals surface area contributed by atoms with Gasteiger partial charge in [-0.15, -0.1) is 0 Å². The number of hydrogen-bond acceptors (Lipinski definition) is 3. The fraction of sp³-hybridized carbons (Fsp3) is 0.350. The summed E-state index contributed by atoms with van der Waals surface area (Å²) in [4.78, 5) is 12.5. The zero-order chi connectivity index (χ0) is 18.6. The molecule has 1 aliphatic rings. The van der Waals surface area contributed by atoms with E-state index in [0.717, 1.165) is 22.9 Å². The summed E-state index contributed by atoms with van der Waals surface area (Å²) >= 11 is 9.61. The number of carbonyl (C=O) groups excluding carboxylic acids is 1. The number of aliphatic hydroxyl groups is 1. The number of nitrogens with one attached hydrogen (secondary N) is 1. The van der Waals surface area contributed by atoms with Crippen molar-refractivity contribution in [1.29, 1.82) is 0 Å². The summed E-state index contributed by atoms with van der Waals surface area (Å²) in [5.41, 5.74) is 1.36. The topological polar surface area (TPSA) is 58.6 Å². The first-order chi connectivity index (χ1) is 12.5. The van der Waals surface area contributed by atoms with Crippen molar-refractivity contribution in [3.63, 3.8) is 0 Å². The minimum atomic E-state index is -1.29. The van der Waals surface area contributed by atoms with E-state index in [2.05, 4.69) is 33.4 Å². The van der Waals surface area contributed by atoms with Crippen molar-refractivity contribution in [3.8, 4) is 0 Å². The molecule has 3 rings (SSSR count). The van der Waals surface area contributed by atoms with Crippen LogP contribution in [0.2, 0.25) is 5.02 Å². The Morgan fingerprint density at radius 2 is 1.96 bits per heavy atom. The lowest BCUT2D eigenvalue weighted by Gasteiger charge is -2.38. The minimum absolute atomic E-state index is 0.210. The first-order valence-electron chi connectivity index (χ1n) is 8.56. The average molecular weight is 439 g/mol. The van der Waals surface area contributed by atoms with E-state index in [0.29, 0.717) is 30.3 Å². The lowest BCUT2D eigenvalue weighted by atomic mass is 9.74. The number of hydrogen-bond donors (Lipinski definition) is 2. The van der Waals surface area contributed by atoms with E-state index in [1.54, 1.807) is 24.3 Å². The molecule has 0 aliphatic carbocycles. The summed E-state index contributed by atoms with van der Waals surface area (Å²) in [6.45, 7) is 1.73. The summed E-state index contributed by atoms with van der Waals surface area (Å²) in [5, 5.41) is 13.7. The number of carbonyl (C=O) groups is 1. The second kappa shape index (κ2) is 8.53. The highest BCUT2D eigenvalue weighted by atomic mass is 79.9. The van der Waals surface area contributed by atoms with Crippen LogP contribution in [-0.2, 0) is 14.9 Å². The monoisotopic (exact) mass is 437 g/mol. The van der Waals surface area contributed by atoms with Crippen LogP contribution in [0.1, 0.15) is 30.1 Å². The third kappa shape index (κ3) is 4.29. The molecule has 1 aliphatic heterocycles. The lowest BCUT2D eigenvalue weighted by Crippen LogP contribution is -2.45. The maximum atomic E-state index is 12.5. The molecular weight excluding hydrogens is 418 g/mol. The van der Waals surface area contributed by atoms with E-state index in [4.69, 9.17) is 16.3 Å². The van der Waals surface area contributed by atoms with Crippen LogP contribution in [0, 0.1) is 0 Å². The Morgan fingerprint density at radius 3 is 2.65 bits per heavy atom. The van der Waals surface area contributed by atoms with Gasteiger partial charge in [0.2, 0.25) is 0 Å². The minimum Gasteiger partial charge on any atom is -0.381 e. The smallest absolute Gasteiger partial charge is 0.253 e. The first-order valence-corrected chi connectivity index (χ1v) is 9.73. The highest BCUT2D eigenvalue weighted by Crippen LogP contribution is 2.35. The van der Waals surface area contributed by atoms with Gasteiger partial charge < -0.3 is 15.2 Å². The molecule has 138 valence electrons. The number of halogens is 2. The SMILES string of the molecule is O=C(NCC1(c2cccc(Br)c2)CCOCC1)[C@H](O)c1ccccc1Cl. The number of ether oxygens (including phenoxy) is 1. The fourth-order valence-corrected chi connectivity index (χ4v) is 3.98. The highest BCUT2D eigenvalue weighted by molar-refractivity contribution is 9.10. The van der Waals surface area contributed by atoms with Crippen LogP contribution in [-0.4, -0.2) is 30.8 Å². The van der Waals surface area contributed by atoms with Crippen molar-refractivity contribution in [2.75, 3.05) is 19.8 Å². The van der Waals surface area contributed by atoms with E-state index in [1.165, 1.54) is 0 Å². The third-order valence-corrected chi connectivity index (χ3v) is 5.77. The quantitative estimate of drug-likeness (QED) is 0.742. The number of aliphatic hydroxyl groups excluding tert-OH is 1. The van der Waals surface area contributed by atoms with E-state index >= 15 is 0 Å². The van der Waals surface area contributed by atoms with Gasteiger partial charge in [0.1, 0.15) is 0 Å². The van der Waals surface area contributed by atoms with Gasteiger partial charge in [0.25, 0.3) is 5.91 Å². The molecule has 6 heteroatoms. The average Bonchev–Trinajstić information content (AvgIpc) is 2.67. The molecule has 0 unspecified atom stereocenters. The zero-order valence-electron chi connectivity index (χ0n) is 14.3. The Kier molecular flexibility index (Phi) is 6.35. The number of amides is 1. The van der Waals surface area contributed by atoms with Crippen molar-refractivity contribution in [2.24, 2.45) is 0 Å². The normalized spacial score (nSPS) is 17.5. The Bertz CT molecular complexity index is 777. The van der Waals surface area contributed by atoms with Crippen LogP contribution in [0.4, 0.5) is 0 Å². The first kappa shape index (κ1) is 19.4. The van der Waals surface area contributed by atoms with E-state index in [1.807, 2.05) is 12.1 Å². The van der Waals surface area contributed by atoms with Gasteiger partial charge >= 0.3 is 0 Å². The van der Waals surface area contributed by atoms with E-state index < -0.39 is 12.0 Å². The summed E-state index contributed by atoms with van der Waals surface area (Å²) in [6, 6.07) is 15.0. The molecule has 1 saturated heterocycles. The van der Waals surface area contributed by atoms with E-state index in [-0.39, 0.29) is 5.41 Å². The van der Waals surface area contributed by atoms with Gasteiger partial charge in [0.15, 0.2) is 6.10 Å². The van der Waals surface area contributed by atoms with Gasteiger partial charge in [-0.3, -0.25) is 4.79 Å². The number of benzene rings is 2. The predicted molar refractivity (Wildman–Crippen MR) is 105 cm³/mol. The molecule has 2 aromatic rings. The second-order valence-corrected chi connectivity index (χ2v) is 7.87. The molecule has 1 heterocycles. The van der Waals surface area contributed by atoms with Crippen LogP contribution in [0.3, 0.4) is 0 Å². The second-order valence-electron chi connectivity index (χ2n) is 6.54. The molecular formula is C20H21BrClNO3. The van der Waals surface area contributed by atoms with Crippen LogP contribution in [0.5, 0.6) is 0 Å². The molecule has 0 aromatic heterocycles. The Hall–Kier alpha value is -1.40. The molecule has 1 fully saturated rings. The van der Waals surface area contributed by atoms with Gasteiger partial charge in [-0.05, 0) is 36.6 Å². The molecule has 1 amide bonds. The van der Waals surface area contributed by atoms with Crippen molar-refractivity contribution in [2.45, 2.75) is 24.4 Å². The van der Waals surface area contributed by atoms with Crippen LogP contribution < -0.4 is 5.32 Å². The Morgan fingerprint density at radius 1 is 1.23 bits per heavy atom. The Labute approximate surface area is 166 Å². The summed E-state index contributed by atoms with van der Waals surface area (Å²) in [6.07, 6.45) is 0.334. The number of rotatable bonds is 5. The fourth-order valence-electron chi connectivity index (χ4n) is 3.34. The van der Waals surface area contributed by atoms with Crippen LogP contribution in [0.25, 0.3) is 0 Å². The van der Waals surface area contributed by atoms with Gasteiger partial charge in [-0.2, -0.15) is 0 Å². The van der Waals surface area contributed by atoms with Crippen molar-refractivity contribution in [1.82, 2.24) is 5.32 Å². The molecule has 0 radical (unpaired) electrons. The predicted octanol–water partition coefficient (Wildman–Crippen LogP) is 4.00. The molecule has 0 bridgehead atoms. The molecule has 26 heavy (non-hydrogen) atoms. The van der Waals surface area contributed by atoms with Crippen LogP contribution in [0.15, 0.2) is 53.0 Å². The molecule has 0 saturated carbocycles. The van der Waals surface area contributed by atoms with Crippen molar-refractivity contribution in [3.05, 3.63) is 69.2 Å². The molecule has 2 aromatic carbocycles. The lowest BCUT2D eigenvalue weighted by molar-refractivity contribution is -0.130. The maximum Gasteiger partial charge on any atom is 0.253 e. The van der Waals surface area contributed by atoms with Crippen molar-refractivity contribution < 1.29 is 14.6 Å². The molecule has 2 N–H and O–H groups in total. The summed E-state index contributed by atoms with van der Waals surface area (Å²) in [7, 11) is 0. The van der Waals surface area contributed by atoms with Crippen molar-refractivity contribution >= 4 is 33.4 Å². The summed E-state index contributed by atoms with van der Waals surface area (Å²) in [5.74, 6) is -0.445. The zero-order valence-corrected chi connectivity index (χ0v) is 16.6. The van der Waals surface area contributed by atoms with Gasteiger partial charge in [-0.25, -0.2) is 0 Å².